The van der Waals surface area contributed by atoms with Gasteiger partial charge in [0.1, 0.15) is 0 Å². The molecule has 1 N–H and O–H groups in total. The van der Waals surface area contributed by atoms with Crippen molar-refractivity contribution in [1.82, 2.24) is 15.1 Å². The highest BCUT2D eigenvalue weighted by Crippen LogP contribution is 2.18. The first-order chi connectivity index (χ1) is 13.7. The highest BCUT2D eigenvalue weighted by atomic mass is 16.2. The molecule has 2 amide bonds. The number of guanidine groups is 1. The largest absolute Gasteiger partial charge is 0.341 e. The van der Waals surface area contributed by atoms with E-state index in [-0.39, 0.29) is 24.3 Å². The number of rotatable bonds is 4. The van der Waals surface area contributed by atoms with Crippen molar-refractivity contribution in [1.29, 1.82) is 5.26 Å². The Morgan fingerprint density at radius 3 is 2.68 bits per heavy atom. The number of hydrogen-bond donors (Lipinski definition) is 1. The van der Waals surface area contributed by atoms with Crippen LogP contribution < -0.4 is 5.32 Å². The normalized spacial score (nSPS) is 20.5. The first-order valence-corrected chi connectivity index (χ1v) is 9.57. The molecule has 0 saturated carbocycles. The second kappa shape index (κ2) is 9.65. The molecule has 0 aliphatic carbocycles. The predicted octanol–water partition coefficient (Wildman–Crippen LogP) is 1.68. The van der Waals surface area contributed by atoms with Gasteiger partial charge in [0.15, 0.2) is 6.19 Å². The molecule has 8 heteroatoms. The smallest absolute Gasteiger partial charge is 0.242 e. The molecule has 2 saturated heterocycles. The first kappa shape index (κ1) is 19.5. The van der Waals surface area contributed by atoms with Gasteiger partial charge in [-0.05, 0) is 37.8 Å². The topological polar surface area (TPSA) is 101 Å². The summed E-state index contributed by atoms with van der Waals surface area (Å²) in [6.45, 7) is 2.28. The van der Waals surface area contributed by atoms with Crippen molar-refractivity contribution in [2.75, 3.05) is 26.2 Å². The summed E-state index contributed by atoms with van der Waals surface area (Å²) in [5.74, 6) is -0.368. The Balaban J connectivity index is 1.64. The number of nitriles is 1. The lowest BCUT2D eigenvalue weighted by Gasteiger charge is -2.31. The van der Waals surface area contributed by atoms with E-state index in [1.165, 1.54) is 6.21 Å². The maximum absolute atomic E-state index is 12.7. The number of amides is 2. The van der Waals surface area contributed by atoms with Gasteiger partial charge in [-0.3, -0.25) is 14.9 Å². The Hall–Kier alpha value is -3.21. The fourth-order valence-electron chi connectivity index (χ4n) is 3.42. The molecule has 2 aliphatic heterocycles. The molecule has 3 rings (SSSR count). The number of para-hydroxylation sites is 1. The molecule has 2 aliphatic rings. The van der Waals surface area contributed by atoms with Crippen molar-refractivity contribution in [3.63, 3.8) is 0 Å². The van der Waals surface area contributed by atoms with Gasteiger partial charge in [0.05, 0.1) is 18.2 Å². The third-order valence-corrected chi connectivity index (χ3v) is 4.89. The molecule has 0 radical (unpaired) electrons. The Morgan fingerprint density at radius 1 is 1.21 bits per heavy atom. The lowest BCUT2D eigenvalue weighted by molar-refractivity contribution is -0.142. The van der Waals surface area contributed by atoms with Crippen LogP contribution in [0.3, 0.4) is 0 Å². The molecule has 1 unspecified atom stereocenters. The summed E-state index contributed by atoms with van der Waals surface area (Å²) in [6.07, 6.45) is 6.89. The summed E-state index contributed by atoms with van der Waals surface area (Å²) in [7, 11) is 0. The van der Waals surface area contributed by atoms with Gasteiger partial charge in [0.25, 0.3) is 0 Å². The molecule has 0 bridgehead atoms. The van der Waals surface area contributed by atoms with Gasteiger partial charge < -0.3 is 9.80 Å². The number of benzene rings is 1. The zero-order valence-corrected chi connectivity index (χ0v) is 15.8. The van der Waals surface area contributed by atoms with E-state index in [4.69, 9.17) is 5.26 Å². The fourth-order valence-corrected chi connectivity index (χ4v) is 3.42. The first-order valence-electron chi connectivity index (χ1n) is 9.57. The lowest BCUT2D eigenvalue weighted by atomic mass is 9.98. The molecule has 0 spiro atoms. The van der Waals surface area contributed by atoms with Crippen molar-refractivity contribution in [3.8, 4) is 6.19 Å². The van der Waals surface area contributed by atoms with E-state index < -0.39 is 5.92 Å². The molecule has 1 atom stereocenters. The van der Waals surface area contributed by atoms with Crippen LogP contribution in [0, 0.1) is 17.4 Å². The summed E-state index contributed by atoms with van der Waals surface area (Å²) in [6, 6.07) is 9.15. The van der Waals surface area contributed by atoms with E-state index in [0.717, 1.165) is 32.4 Å². The summed E-state index contributed by atoms with van der Waals surface area (Å²) in [4.78, 5) is 37.0. The van der Waals surface area contributed by atoms with Crippen LogP contribution in [0.15, 0.2) is 40.3 Å². The summed E-state index contributed by atoms with van der Waals surface area (Å²) in [5.41, 5.74) is 0.658. The molecule has 0 aromatic heterocycles. The van der Waals surface area contributed by atoms with Crippen molar-refractivity contribution < 1.29 is 9.59 Å². The second-order valence-electron chi connectivity index (χ2n) is 6.88. The summed E-state index contributed by atoms with van der Waals surface area (Å²) in [5, 5.41) is 11.4. The summed E-state index contributed by atoms with van der Waals surface area (Å²) < 4.78 is 0. The zero-order valence-electron chi connectivity index (χ0n) is 15.8. The van der Waals surface area contributed by atoms with E-state index in [1.807, 2.05) is 29.3 Å². The standard InChI is InChI=1S/C20H24N6O2/c21-15-23-20(24-17-8-2-1-3-9-17)22-13-16-7-6-12-26(19(16)28)14-18(27)25-10-4-5-11-25/h1-3,8-9,13,16H,4-7,10-12,14H2,(H,23,24)/b22-13-. The molecule has 1 aromatic carbocycles. The number of likely N-dealkylation sites (tertiary alicyclic amines) is 2. The van der Waals surface area contributed by atoms with E-state index >= 15 is 0 Å². The summed E-state index contributed by atoms with van der Waals surface area (Å²) >= 11 is 0. The highest BCUT2D eigenvalue weighted by molar-refractivity contribution is 6.00. The van der Waals surface area contributed by atoms with Gasteiger partial charge in [-0.1, -0.05) is 18.2 Å². The SMILES string of the molecule is N#CNC(=Nc1ccccc1)/N=C\C1CCCN(CC(=O)N2CCCC2)C1=O. The Morgan fingerprint density at radius 2 is 1.96 bits per heavy atom. The van der Waals surface area contributed by atoms with Crippen LogP contribution >= 0.6 is 0 Å². The molecular formula is C20H24N6O2. The monoisotopic (exact) mass is 380 g/mol. The third-order valence-electron chi connectivity index (χ3n) is 4.89. The number of piperidine rings is 1. The Kier molecular flexibility index (Phi) is 6.73. The maximum Gasteiger partial charge on any atom is 0.242 e. The van der Waals surface area contributed by atoms with Crippen molar-refractivity contribution in [2.45, 2.75) is 25.7 Å². The van der Waals surface area contributed by atoms with Gasteiger partial charge in [-0.25, -0.2) is 9.98 Å². The minimum atomic E-state index is -0.415. The fraction of sp³-hybridized carbons (Fsp3) is 0.450. The lowest BCUT2D eigenvalue weighted by Crippen LogP contribution is -2.47. The molecule has 2 heterocycles. The number of aliphatic imine (C=N–C) groups is 2. The second-order valence-corrected chi connectivity index (χ2v) is 6.88. The average Bonchev–Trinajstić information content (AvgIpc) is 3.24. The van der Waals surface area contributed by atoms with E-state index in [0.29, 0.717) is 18.7 Å². The molecule has 146 valence electrons. The van der Waals surface area contributed by atoms with E-state index in [9.17, 15) is 9.59 Å². The van der Waals surface area contributed by atoms with E-state index in [1.54, 1.807) is 17.0 Å². The van der Waals surface area contributed by atoms with Crippen LogP contribution in [-0.2, 0) is 9.59 Å². The highest BCUT2D eigenvalue weighted by Gasteiger charge is 2.30. The molecular weight excluding hydrogens is 356 g/mol. The molecule has 8 nitrogen and oxygen atoms in total. The number of carbonyl (C=O) groups is 2. The third kappa shape index (κ3) is 5.16. The number of carbonyl (C=O) groups excluding carboxylic acids is 2. The Bertz CT molecular complexity index is 793. The number of hydrogen-bond acceptors (Lipinski definition) is 4. The average molecular weight is 380 g/mol. The van der Waals surface area contributed by atoms with Crippen LogP contribution in [0.25, 0.3) is 0 Å². The maximum atomic E-state index is 12.7. The van der Waals surface area contributed by atoms with Gasteiger partial charge in [0, 0.05) is 25.8 Å². The van der Waals surface area contributed by atoms with Gasteiger partial charge in [-0.2, -0.15) is 5.26 Å². The van der Waals surface area contributed by atoms with Crippen LogP contribution in [0.5, 0.6) is 0 Å². The van der Waals surface area contributed by atoms with Crippen LogP contribution in [0.2, 0.25) is 0 Å². The van der Waals surface area contributed by atoms with Gasteiger partial charge in [-0.15, -0.1) is 0 Å². The van der Waals surface area contributed by atoms with Crippen LogP contribution in [0.4, 0.5) is 5.69 Å². The van der Waals surface area contributed by atoms with Crippen LogP contribution in [0.1, 0.15) is 25.7 Å². The Labute approximate surface area is 164 Å². The minimum absolute atomic E-state index is 0.0147. The zero-order chi connectivity index (χ0) is 19.8. The molecule has 2 fully saturated rings. The van der Waals surface area contributed by atoms with Crippen LogP contribution in [-0.4, -0.2) is 60.0 Å². The molecule has 1 aromatic rings. The number of nitrogens with one attached hydrogen (secondary N) is 1. The predicted molar refractivity (Wildman–Crippen MR) is 106 cm³/mol. The van der Waals surface area contributed by atoms with Crippen molar-refractivity contribution in [2.24, 2.45) is 15.9 Å². The van der Waals surface area contributed by atoms with Crippen molar-refractivity contribution in [3.05, 3.63) is 30.3 Å². The molecule has 28 heavy (non-hydrogen) atoms. The van der Waals surface area contributed by atoms with Gasteiger partial charge >= 0.3 is 0 Å². The quantitative estimate of drug-likeness (QED) is 0.372. The number of nitrogens with zero attached hydrogens (tertiary/aromatic N) is 5. The van der Waals surface area contributed by atoms with Gasteiger partial charge in [0.2, 0.25) is 17.8 Å². The minimum Gasteiger partial charge on any atom is -0.341 e. The van der Waals surface area contributed by atoms with Crippen molar-refractivity contribution >= 4 is 29.7 Å². The van der Waals surface area contributed by atoms with E-state index in [2.05, 4.69) is 15.3 Å².